The van der Waals surface area contributed by atoms with Crippen LogP contribution >= 0.6 is 0 Å². The molecular formula is C12H14F3N3O. The van der Waals surface area contributed by atoms with E-state index in [0.29, 0.717) is 32.0 Å². The first-order chi connectivity index (χ1) is 8.89. The maximum atomic E-state index is 13.0. The van der Waals surface area contributed by atoms with Crippen molar-refractivity contribution in [2.24, 2.45) is 5.73 Å². The number of rotatable bonds is 2. The Hall–Kier alpha value is -1.76. The lowest BCUT2D eigenvalue weighted by Gasteiger charge is -2.29. The molecule has 7 heteroatoms. The van der Waals surface area contributed by atoms with E-state index in [4.69, 9.17) is 15.9 Å². The molecular weight excluding hydrogens is 259 g/mol. The standard InChI is InChI=1S/C12H14F3N3O/c13-12(14,15)10-7-8(1-2-9(10)11(16)17)18-3-5-19-6-4-18/h1-2,7H,3-6H2,(H3,16,17). The molecule has 1 aromatic carbocycles. The van der Waals surface area contributed by atoms with E-state index in [1.54, 1.807) is 6.07 Å². The van der Waals surface area contributed by atoms with Gasteiger partial charge in [-0.15, -0.1) is 0 Å². The molecule has 0 saturated carbocycles. The van der Waals surface area contributed by atoms with Gasteiger partial charge in [0.25, 0.3) is 0 Å². The Balaban J connectivity index is 2.40. The molecule has 0 aliphatic carbocycles. The number of hydrogen-bond donors (Lipinski definition) is 2. The number of nitrogens with one attached hydrogen (secondary N) is 1. The second-order valence-electron chi connectivity index (χ2n) is 4.24. The Labute approximate surface area is 108 Å². The number of ether oxygens (including phenoxy) is 1. The van der Waals surface area contributed by atoms with Gasteiger partial charge < -0.3 is 15.4 Å². The molecule has 1 fully saturated rings. The van der Waals surface area contributed by atoms with Gasteiger partial charge >= 0.3 is 6.18 Å². The lowest BCUT2D eigenvalue weighted by atomic mass is 10.0. The molecule has 0 radical (unpaired) electrons. The van der Waals surface area contributed by atoms with E-state index in [9.17, 15) is 13.2 Å². The molecule has 1 saturated heterocycles. The number of anilines is 1. The summed E-state index contributed by atoms with van der Waals surface area (Å²) in [5.41, 5.74) is 4.50. The number of morpholine rings is 1. The van der Waals surface area contributed by atoms with Gasteiger partial charge in [0.15, 0.2) is 0 Å². The van der Waals surface area contributed by atoms with E-state index in [0.717, 1.165) is 6.07 Å². The highest BCUT2D eigenvalue weighted by Gasteiger charge is 2.34. The van der Waals surface area contributed by atoms with Crippen molar-refractivity contribution in [1.82, 2.24) is 0 Å². The summed E-state index contributed by atoms with van der Waals surface area (Å²) < 4.78 is 44.0. The summed E-state index contributed by atoms with van der Waals surface area (Å²) in [5.74, 6) is -0.583. The van der Waals surface area contributed by atoms with Crippen LogP contribution in [0.15, 0.2) is 18.2 Å². The van der Waals surface area contributed by atoms with Gasteiger partial charge in [-0.25, -0.2) is 0 Å². The van der Waals surface area contributed by atoms with Crippen LogP contribution in [0, 0.1) is 5.41 Å². The van der Waals surface area contributed by atoms with E-state index >= 15 is 0 Å². The van der Waals surface area contributed by atoms with Gasteiger partial charge in [0, 0.05) is 24.3 Å². The maximum Gasteiger partial charge on any atom is 0.417 e. The number of nitrogen functional groups attached to an aromatic ring is 1. The molecule has 19 heavy (non-hydrogen) atoms. The first-order valence-electron chi connectivity index (χ1n) is 5.78. The summed E-state index contributed by atoms with van der Waals surface area (Å²) in [6.45, 7) is 2.10. The van der Waals surface area contributed by atoms with Crippen LogP contribution in [0.3, 0.4) is 0 Å². The lowest BCUT2D eigenvalue weighted by molar-refractivity contribution is -0.137. The average molecular weight is 273 g/mol. The molecule has 0 bridgehead atoms. The molecule has 0 atom stereocenters. The third kappa shape index (κ3) is 2.98. The lowest BCUT2D eigenvalue weighted by Crippen LogP contribution is -2.36. The first-order valence-corrected chi connectivity index (χ1v) is 5.78. The van der Waals surface area contributed by atoms with Crippen LogP contribution in [0.5, 0.6) is 0 Å². The number of alkyl halides is 3. The third-order valence-corrected chi connectivity index (χ3v) is 2.97. The van der Waals surface area contributed by atoms with Crippen molar-refractivity contribution in [2.45, 2.75) is 6.18 Å². The summed E-state index contributed by atoms with van der Waals surface area (Å²) in [5, 5.41) is 7.22. The molecule has 3 N–H and O–H groups in total. The van der Waals surface area contributed by atoms with Gasteiger partial charge in [-0.2, -0.15) is 13.2 Å². The molecule has 4 nitrogen and oxygen atoms in total. The fourth-order valence-electron chi connectivity index (χ4n) is 2.02. The van der Waals surface area contributed by atoms with Gasteiger partial charge in [0.2, 0.25) is 0 Å². The minimum atomic E-state index is -4.52. The van der Waals surface area contributed by atoms with E-state index in [1.165, 1.54) is 6.07 Å². The second-order valence-corrected chi connectivity index (χ2v) is 4.24. The largest absolute Gasteiger partial charge is 0.417 e. The van der Waals surface area contributed by atoms with Crippen molar-refractivity contribution in [3.05, 3.63) is 29.3 Å². The van der Waals surface area contributed by atoms with Crippen LogP contribution in [0.25, 0.3) is 0 Å². The SMILES string of the molecule is N=C(N)c1ccc(N2CCOCC2)cc1C(F)(F)F. The van der Waals surface area contributed by atoms with Crippen LogP contribution in [-0.2, 0) is 10.9 Å². The van der Waals surface area contributed by atoms with E-state index in [2.05, 4.69) is 0 Å². The predicted octanol–water partition coefficient (Wildman–Crippen LogP) is 1.83. The highest BCUT2D eigenvalue weighted by molar-refractivity contribution is 5.97. The van der Waals surface area contributed by atoms with Crippen molar-refractivity contribution < 1.29 is 17.9 Å². The number of nitrogens with two attached hydrogens (primary N) is 1. The van der Waals surface area contributed by atoms with Crippen LogP contribution in [0.1, 0.15) is 11.1 Å². The molecule has 1 heterocycles. The smallest absolute Gasteiger partial charge is 0.384 e. The topological polar surface area (TPSA) is 62.3 Å². The van der Waals surface area contributed by atoms with Gasteiger partial charge in [-0.3, -0.25) is 5.41 Å². The van der Waals surface area contributed by atoms with E-state index < -0.39 is 17.6 Å². The molecule has 0 spiro atoms. The molecule has 1 aromatic rings. The Morgan fingerprint density at radius 2 is 1.89 bits per heavy atom. The number of nitrogens with zero attached hydrogens (tertiary/aromatic N) is 1. The van der Waals surface area contributed by atoms with Crippen molar-refractivity contribution in [2.75, 3.05) is 31.2 Å². The van der Waals surface area contributed by atoms with Crippen molar-refractivity contribution >= 4 is 11.5 Å². The minimum absolute atomic E-state index is 0.287. The Morgan fingerprint density at radius 3 is 2.42 bits per heavy atom. The van der Waals surface area contributed by atoms with Crippen molar-refractivity contribution in [3.8, 4) is 0 Å². The molecule has 1 aliphatic heterocycles. The van der Waals surface area contributed by atoms with E-state index in [-0.39, 0.29) is 5.56 Å². The molecule has 0 aromatic heterocycles. The highest BCUT2D eigenvalue weighted by atomic mass is 19.4. The van der Waals surface area contributed by atoms with Crippen LogP contribution in [0.4, 0.5) is 18.9 Å². The predicted molar refractivity (Wildman–Crippen MR) is 65.5 cm³/mol. The molecule has 104 valence electrons. The van der Waals surface area contributed by atoms with E-state index in [1.807, 2.05) is 4.90 Å². The fraction of sp³-hybridized carbons (Fsp3) is 0.417. The van der Waals surface area contributed by atoms with Crippen LogP contribution in [-0.4, -0.2) is 32.1 Å². The Kier molecular flexibility index (Phi) is 3.66. The molecule has 0 amide bonds. The van der Waals surface area contributed by atoms with Gasteiger partial charge in [0.05, 0.1) is 18.8 Å². The quantitative estimate of drug-likeness (QED) is 0.638. The van der Waals surface area contributed by atoms with Crippen molar-refractivity contribution in [1.29, 1.82) is 5.41 Å². The summed E-state index contributed by atoms with van der Waals surface area (Å²) in [4.78, 5) is 1.82. The summed E-state index contributed by atoms with van der Waals surface area (Å²) >= 11 is 0. The van der Waals surface area contributed by atoms with Crippen molar-refractivity contribution in [3.63, 3.8) is 0 Å². The fourth-order valence-corrected chi connectivity index (χ4v) is 2.02. The van der Waals surface area contributed by atoms with Gasteiger partial charge in [-0.05, 0) is 18.2 Å². The summed E-state index contributed by atoms with van der Waals surface area (Å²) in [6.07, 6.45) is -4.52. The zero-order valence-corrected chi connectivity index (χ0v) is 10.1. The molecule has 1 aliphatic rings. The number of hydrogen-bond acceptors (Lipinski definition) is 3. The summed E-state index contributed by atoms with van der Waals surface area (Å²) in [7, 11) is 0. The highest BCUT2D eigenvalue weighted by Crippen LogP contribution is 2.34. The number of halogens is 3. The second kappa shape index (κ2) is 5.08. The normalized spacial score (nSPS) is 16.5. The number of amidine groups is 1. The van der Waals surface area contributed by atoms with Crippen LogP contribution < -0.4 is 10.6 Å². The Bertz CT molecular complexity index is 482. The van der Waals surface area contributed by atoms with Gasteiger partial charge in [0.1, 0.15) is 5.84 Å². The van der Waals surface area contributed by atoms with Gasteiger partial charge in [-0.1, -0.05) is 0 Å². The maximum absolute atomic E-state index is 13.0. The monoisotopic (exact) mass is 273 g/mol. The zero-order valence-electron chi connectivity index (χ0n) is 10.1. The first kappa shape index (κ1) is 13.7. The number of benzene rings is 1. The van der Waals surface area contributed by atoms with Crippen LogP contribution in [0.2, 0.25) is 0 Å². The summed E-state index contributed by atoms with van der Waals surface area (Å²) in [6, 6.07) is 3.84. The molecule has 2 rings (SSSR count). The average Bonchev–Trinajstić information content (AvgIpc) is 2.38. The third-order valence-electron chi connectivity index (χ3n) is 2.97. The Morgan fingerprint density at radius 1 is 1.26 bits per heavy atom. The zero-order chi connectivity index (χ0) is 14.0. The molecule has 0 unspecified atom stereocenters. The minimum Gasteiger partial charge on any atom is -0.384 e.